The van der Waals surface area contributed by atoms with Gasteiger partial charge < -0.3 is 5.32 Å². The van der Waals surface area contributed by atoms with E-state index >= 15 is 0 Å². The highest BCUT2D eigenvalue weighted by Crippen LogP contribution is 2.20. The van der Waals surface area contributed by atoms with E-state index in [0.717, 1.165) is 17.0 Å². The van der Waals surface area contributed by atoms with E-state index in [2.05, 4.69) is 10.4 Å². The van der Waals surface area contributed by atoms with Crippen molar-refractivity contribution >= 4 is 27.3 Å². The number of primary sulfonamides is 1. The number of thiophene rings is 1. The Morgan fingerprint density at radius 3 is 2.57 bits per heavy atom. The fourth-order valence-corrected chi connectivity index (χ4v) is 3.68. The number of carbonyl (C=O) groups is 1. The molecule has 0 unspecified atom stereocenters. The van der Waals surface area contributed by atoms with Gasteiger partial charge in [0.15, 0.2) is 0 Å². The van der Waals surface area contributed by atoms with E-state index in [0.29, 0.717) is 16.1 Å². The van der Waals surface area contributed by atoms with Gasteiger partial charge in [0, 0.05) is 17.6 Å². The second-order valence-electron chi connectivity index (χ2n) is 4.62. The number of hydrogen-bond donors (Lipinski definition) is 2. The van der Waals surface area contributed by atoms with Crippen molar-refractivity contribution in [1.82, 2.24) is 15.1 Å². The Labute approximate surface area is 126 Å². The van der Waals surface area contributed by atoms with E-state index in [1.54, 1.807) is 24.7 Å². The molecule has 0 spiro atoms. The Kier molecular flexibility index (Phi) is 4.17. The number of nitrogens with two attached hydrogens (primary N) is 1. The highest BCUT2D eigenvalue weighted by molar-refractivity contribution is 7.91. The lowest BCUT2D eigenvalue weighted by Gasteiger charge is -2.04. The van der Waals surface area contributed by atoms with Crippen LogP contribution in [0.25, 0.3) is 0 Å². The van der Waals surface area contributed by atoms with Gasteiger partial charge in [-0.3, -0.25) is 9.48 Å². The Balaban J connectivity index is 2.10. The molecular formula is C12H16N4O3S2. The van der Waals surface area contributed by atoms with Crippen LogP contribution >= 0.6 is 11.3 Å². The molecule has 3 N–H and O–H groups in total. The first-order chi connectivity index (χ1) is 9.70. The van der Waals surface area contributed by atoms with Crippen LogP contribution in [-0.4, -0.2) is 24.1 Å². The Bertz CT molecular complexity index is 790. The van der Waals surface area contributed by atoms with Gasteiger partial charge in [-0.1, -0.05) is 0 Å². The smallest absolute Gasteiger partial charge is 0.255 e. The second kappa shape index (κ2) is 5.58. The van der Waals surface area contributed by atoms with Gasteiger partial charge in [0.1, 0.15) is 4.21 Å². The molecule has 2 aromatic rings. The first-order valence-electron chi connectivity index (χ1n) is 6.10. The topological polar surface area (TPSA) is 107 Å². The maximum Gasteiger partial charge on any atom is 0.255 e. The predicted molar refractivity (Wildman–Crippen MR) is 79.5 cm³/mol. The molecule has 0 atom stereocenters. The molecule has 2 heterocycles. The number of aromatic nitrogens is 2. The molecule has 1 amide bonds. The maximum absolute atomic E-state index is 12.2. The molecule has 114 valence electrons. The van der Waals surface area contributed by atoms with Gasteiger partial charge in [-0.2, -0.15) is 5.10 Å². The summed E-state index contributed by atoms with van der Waals surface area (Å²) in [5.41, 5.74) is 1.98. The summed E-state index contributed by atoms with van der Waals surface area (Å²) in [6.45, 7) is 3.83. The highest BCUT2D eigenvalue weighted by atomic mass is 32.2. The molecule has 0 saturated carbocycles. The van der Waals surface area contributed by atoms with E-state index in [4.69, 9.17) is 5.14 Å². The number of amides is 1. The molecule has 2 aromatic heterocycles. The predicted octanol–water partition coefficient (Wildman–Crippen LogP) is 0.676. The van der Waals surface area contributed by atoms with Crippen molar-refractivity contribution in [3.05, 3.63) is 34.0 Å². The number of rotatable bonds is 4. The van der Waals surface area contributed by atoms with Gasteiger partial charge in [-0.25, -0.2) is 13.6 Å². The van der Waals surface area contributed by atoms with Crippen molar-refractivity contribution in [1.29, 1.82) is 0 Å². The lowest BCUT2D eigenvalue weighted by Crippen LogP contribution is -2.23. The van der Waals surface area contributed by atoms with Crippen LogP contribution in [0.1, 0.15) is 26.6 Å². The van der Waals surface area contributed by atoms with E-state index in [1.807, 2.05) is 6.92 Å². The van der Waals surface area contributed by atoms with Crippen LogP contribution in [-0.2, 0) is 23.6 Å². The number of carbonyl (C=O) groups excluding carboxylic acids is 1. The van der Waals surface area contributed by atoms with Crippen molar-refractivity contribution < 1.29 is 13.2 Å². The minimum Gasteiger partial charge on any atom is -0.347 e. The molecule has 0 fully saturated rings. The normalized spacial score (nSPS) is 11.6. The third-order valence-corrected chi connectivity index (χ3v) is 5.60. The Morgan fingerprint density at radius 1 is 1.43 bits per heavy atom. The summed E-state index contributed by atoms with van der Waals surface area (Å²) in [4.78, 5) is 12.9. The zero-order valence-corrected chi connectivity index (χ0v) is 13.5. The minimum atomic E-state index is -3.69. The van der Waals surface area contributed by atoms with Crippen LogP contribution < -0.4 is 10.5 Å². The molecule has 0 radical (unpaired) electrons. The molecule has 0 bridgehead atoms. The monoisotopic (exact) mass is 328 g/mol. The Hall–Kier alpha value is -1.71. The SMILES string of the molecule is Cc1nn(C)c(C)c1C(=O)NCc1ccc(S(N)(=O)=O)s1. The van der Waals surface area contributed by atoms with E-state index in [1.165, 1.54) is 6.07 Å². The van der Waals surface area contributed by atoms with Gasteiger partial charge in [0.05, 0.1) is 17.8 Å². The van der Waals surface area contributed by atoms with Crippen molar-refractivity contribution in [2.24, 2.45) is 12.2 Å². The zero-order chi connectivity index (χ0) is 15.8. The number of nitrogens with one attached hydrogen (secondary N) is 1. The van der Waals surface area contributed by atoms with Gasteiger partial charge in [-0.05, 0) is 26.0 Å². The van der Waals surface area contributed by atoms with Crippen LogP contribution in [0.3, 0.4) is 0 Å². The second-order valence-corrected chi connectivity index (χ2v) is 7.57. The fourth-order valence-electron chi connectivity index (χ4n) is 1.96. The Morgan fingerprint density at radius 2 is 2.10 bits per heavy atom. The third kappa shape index (κ3) is 3.31. The zero-order valence-electron chi connectivity index (χ0n) is 11.9. The average Bonchev–Trinajstić information content (AvgIpc) is 2.93. The maximum atomic E-state index is 12.2. The van der Waals surface area contributed by atoms with Crippen LogP contribution in [0.5, 0.6) is 0 Å². The quantitative estimate of drug-likeness (QED) is 0.860. The lowest BCUT2D eigenvalue weighted by atomic mass is 10.2. The largest absolute Gasteiger partial charge is 0.347 e. The molecule has 0 aliphatic heterocycles. The summed E-state index contributed by atoms with van der Waals surface area (Å²) < 4.78 is 24.1. The summed E-state index contributed by atoms with van der Waals surface area (Å²) in [5.74, 6) is -0.233. The molecule has 21 heavy (non-hydrogen) atoms. The van der Waals surface area contributed by atoms with Crippen LogP contribution in [0.2, 0.25) is 0 Å². The fraction of sp³-hybridized carbons (Fsp3) is 0.333. The average molecular weight is 328 g/mol. The van der Waals surface area contributed by atoms with Gasteiger partial charge in [-0.15, -0.1) is 11.3 Å². The number of nitrogens with zero attached hydrogens (tertiary/aromatic N) is 2. The molecule has 2 rings (SSSR count). The number of aryl methyl sites for hydroxylation is 2. The third-order valence-electron chi connectivity index (χ3n) is 3.08. The van der Waals surface area contributed by atoms with Gasteiger partial charge >= 0.3 is 0 Å². The summed E-state index contributed by atoms with van der Waals surface area (Å²) >= 11 is 1.04. The van der Waals surface area contributed by atoms with Crippen LogP contribution in [0.15, 0.2) is 16.3 Å². The van der Waals surface area contributed by atoms with Crippen molar-refractivity contribution in [3.63, 3.8) is 0 Å². The van der Waals surface area contributed by atoms with E-state index in [-0.39, 0.29) is 16.7 Å². The highest BCUT2D eigenvalue weighted by Gasteiger charge is 2.17. The summed E-state index contributed by atoms with van der Waals surface area (Å²) in [6.07, 6.45) is 0. The molecule has 0 saturated heterocycles. The van der Waals surface area contributed by atoms with Gasteiger partial charge in [0.2, 0.25) is 10.0 Å². The van der Waals surface area contributed by atoms with Crippen LogP contribution in [0, 0.1) is 13.8 Å². The van der Waals surface area contributed by atoms with E-state index < -0.39 is 10.0 Å². The minimum absolute atomic E-state index is 0.0838. The van der Waals surface area contributed by atoms with Crippen LogP contribution in [0.4, 0.5) is 0 Å². The van der Waals surface area contributed by atoms with Gasteiger partial charge in [0.25, 0.3) is 5.91 Å². The molecule has 9 heteroatoms. The standard InChI is InChI=1S/C12H16N4O3S2/c1-7-11(8(2)16(3)15-7)12(17)14-6-9-4-5-10(20-9)21(13,18)19/h4-5H,6H2,1-3H3,(H,14,17)(H2,13,18,19). The van der Waals surface area contributed by atoms with Crippen molar-refractivity contribution in [2.75, 3.05) is 0 Å². The van der Waals surface area contributed by atoms with E-state index in [9.17, 15) is 13.2 Å². The molecule has 0 aliphatic rings. The molecule has 0 aliphatic carbocycles. The first-order valence-corrected chi connectivity index (χ1v) is 8.46. The summed E-state index contributed by atoms with van der Waals surface area (Å²) in [7, 11) is -1.92. The van der Waals surface area contributed by atoms with Crippen molar-refractivity contribution in [2.45, 2.75) is 24.6 Å². The summed E-state index contributed by atoms with van der Waals surface area (Å²) in [6, 6.07) is 3.07. The molecule has 0 aromatic carbocycles. The van der Waals surface area contributed by atoms with Crippen molar-refractivity contribution in [3.8, 4) is 0 Å². The lowest BCUT2D eigenvalue weighted by molar-refractivity contribution is 0.0950. The molecule has 7 nitrogen and oxygen atoms in total. The number of hydrogen-bond acceptors (Lipinski definition) is 5. The first kappa shape index (κ1) is 15.7. The number of sulfonamides is 1. The summed E-state index contributed by atoms with van der Waals surface area (Å²) in [5, 5.41) is 12.0. The molecular weight excluding hydrogens is 312 g/mol.